The van der Waals surface area contributed by atoms with Crippen LogP contribution in [-0.2, 0) is 24.1 Å². The molecule has 3 aromatic rings. The number of anilines is 1. The summed E-state index contributed by atoms with van der Waals surface area (Å²) in [4.78, 5) is 25.5. The van der Waals surface area contributed by atoms with Crippen molar-refractivity contribution in [3.8, 4) is 28.5 Å². The topological polar surface area (TPSA) is 93.4 Å². The average molecular weight is 582 g/mol. The Bertz CT molecular complexity index is 1440. The zero-order chi connectivity index (χ0) is 27.8. The first-order valence-electron chi connectivity index (χ1n) is 14.3. The average Bonchev–Trinajstić information content (AvgIpc) is 2.98. The van der Waals surface area contributed by atoms with Gasteiger partial charge < -0.3 is 29.7 Å². The third kappa shape index (κ3) is 5.44. The van der Waals surface area contributed by atoms with Crippen molar-refractivity contribution in [3.05, 3.63) is 41.0 Å². The summed E-state index contributed by atoms with van der Waals surface area (Å²) in [6, 6.07) is 8.26. The zero-order valence-corrected chi connectivity index (χ0v) is 25.0. The van der Waals surface area contributed by atoms with Gasteiger partial charge in [0.1, 0.15) is 5.75 Å². The lowest BCUT2D eigenvalue weighted by molar-refractivity contribution is -0.120. The van der Waals surface area contributed by atoms with Gasteiger partial charge in [-0.1, -0.05) is 0 Å². The lowest BCUT2D eigenvalue weighted by Gasteiger charge is -2.36. The lowest BCUT2D eigenvalue weighted by Crippen LogP contribution is -2.49. The molecule has 2 aromatic carbocycles. The minimum atomic E-state index is 0. The second-order valence-corrected chi connectivity index (χ2v) is 11.0. The van der Waals surface area contributed by atoms with E-state index in [1.54, 1.807) is 14.2 Å². The Morgan fingerprint density at radius 1 is 1.00 bits per heavy atom. The summed E-state index contributed by atoms with van der Waals surface area (Å²) in [6.07, 6.45) is 3.44. The first-order chi connectivity index (χ1) is 19.5. The molecule has 220 valence electrons. The van der Waals surface area contributed by atoms with Gasteiger partial charge in [-0.3, -0.25) is 9.69 Å². The molecule has 2 N–H and O–H groups in total. The summed E-state index contributed by atoms with van der Waals surface area (Å²) in [7, 11) is 5.41. The van der Waals surface area contributed by atoms with E-state index in [0.29, 0.717) is 37.7 Å². The van der Waals surface area contributed by atoms with Gasteiger partial charge >= 0.3 is 0 Å². The van der Waals surface area contributed by atoms with Crippen molar-refractivity contribution in [2.45, 2.75) is 25.7 Å². The molecule has 0 spiro atoms. The second kappa shape index (κ2) is 12.4. The van der Waals surface area contributed by atoms with Gasteiger partial charge in [-0.05, 0) is 74.2 Å². The van der Waals surface area contributed by atoms with Gasteiger partial charge in [-0.25, -0.2) is 4.98 Å². The molecule has 1 saturated heterocycles. The van der Waals surface area contributed by atoms with Crippen LogP contribution in [0.4, 0.5) is 5.69 Å². The number of halogens is 1. The summed E-state index contributed by atoms with van der Waals surface area (Å²) in [5.74, 6) is 2.15. The number of likely N-dealkylation sites (N-methyl/N-ethyl adjacent to an activating group) is 1. The van der Waals surface area contributed by atoms with Gasteiger partial charge in [0.05, 0.1) is 44.3 Å². The van der Waals surface area contributed by atoms with Crippen LogP contribution in [0.15, 0.2) is 24.3 Å². The second-order valence-electron chi connectivity index (χ2n) is 11.0. The van der Waals surface area contributed by atoms with E-state index in [2.05, 4.69) is 29.0 Å². The van der Waals surface area contributed by atoms with Crippen LogP contribution in [0, 0.1) is 0 Å². The predicted molar refractivity (Wildman–Crippen MR) is 164 cm³/mol. The number of rotatable bonds is 8. The summed E-state index contributed by atoms with van der Waals surface area (Å²) < 4.78 is 17.6. The molecule has 3 aliphatic rings. The number of nitrogens with zero attached hydrogens (tertiary/aromatic N) is 4. The number of hydrogen-bond acceptors (Lipinski definition) is 8. The van der Waals surface area contributed by atoms with Crippen LogP contribution in [0.5, 0.6) is 17.2 Å². The number of aromatic nitrogens is 1. The van der Waals surface area contributed by atoms with Gasteiger partial charge in [-0.2, -0.15) is 0 Å². The van der Waals surface area contributed by atoms with Gasteiger partial charge in [0.15, 0.2) is 11.5 Å². The molecule has 0 radical (unpaired) electrons. The molecular formula is C31H40ClN5O4. The fourth-order valence-corrected chi connectivity index (χ4v) is 6.35. The SMILES string of the molecule is COc1cc2nc3c(c4c2c(c1OC)N(C(=O)CN1CCN(C)CC1)CC4)CCc1cc(OCCCN)ccc1-3.Cl. The van der Waals surface area contributed by atoms with E-state index in [4.69, 9.17) is 24.9 Å². The van der Waals surface area contributed by atoms with E-state index < -0.39 is 0 Å². The number of ether oxygens (including phenoxy) is 3. The molecule has 0 bridgehead atoms. The number of amides is 1. The van der Waals surface area contributed by atoms with Crippen molar-refractivity contribution in [2.24, 2.45) is 5.73 Å². The Hall–Kier alpha value is -3.11. The van der Waals surface area contributed by atoms with Crippen molar-refractivity contribution in [3.63, 3.8) is 0 Å². The van der Waals surface area contributed by atoms with Crippen LogP contribution < -0.4 is 24.8 Å². The van der Waals surface area contributed by atoms with Gasteiger partial charge in [0, 0.05) is 49.7 Å². The summed E-state index contributed by atoms with van der Waals surface area (Å²) in [6.45, 7) is 5.98. The maximum Gasteiger partial charge on any atom is 0.241 e. The maximum atomic E-state index is 13.8. The number of methoxy groups -OCH3 is 2. The van der Waals surface area contributed by atoms with Crippen molar-refractivity contribution in [2.75, 3.05) is 78.6 Å². The molecule has 0 unspecified atom stereocenters. The van der Waals surface area contributed by atoms with Crippen molar-refractivity contribution in [1.29, 1.82) is 0 Å². The third-order valence-corrected chi connectivity index (χ3v) is 8.51. The van der Waals surface area contributed by atoms with Crippen LogP contribution in [0.2, 0.25) is 0 Å². The molecule has 6 rings (SSSR count). The van der Waals surface area contributed by atoms with Crippen LogP contribution in [-0.4, -0.2) is 94.4 Å². The predicted octanol–water partition coefficient (Wildman–Crippen LogP) is 3.30. The highest BCUT2D eigenvalue weighted by Crippen LogP contribution is 2.49. The van der Waals surface area contributed by atoms with Crippen LogP contribution in [0.3, 0.4) is 0 Å². The lowest BCUT2D eigenvalue weighted by atomic mass is 9.83. The van der Waals surface area contributed by atoms with Crippen LogP contribution in [0.25, 0.3) is 22.2 Å². The molecule has 10 heteroatoms. The molecule has 3 heterocycles. The number of piperazine rings is 1. The van der Waals surface area contributed by atoms with E-state index in [0.717, 1.165) is 85.5 Å². The molecule has 2 aliphatic heterocycles. The van der Waals surface area contributed by atoms with Crippen LogP contribution in [0.1, 0.15) is 23.1 Å². The highest BCUT2D eigenvalue weighted by molar-refractivity contribution is 6.10. The standard InChI is InChI=1S/C31H39N5O4.ClH/c1-34-12-14-35(15-13-34)19-27(37)36-11-9-23-24-7-5-20-17-21(40-16-4-10-32)6-8-22(20)29(24)33-25-18-26(38-2)31(39-3)30(36)28(23)25;/h6,8,17-18H,4-5,7,9-16,19,32H2,1-3H3;1H. The maximum absolute atomic E-state index is 13.8. The number of hydrogen-bond donors (Lipinski definition) is 1. The Balaban J connectivity index is 0.00000337. The Morgan fingerprint density at radius 2 is 1.80 bits per heavy atom. The number of fused-ring (bicyclic) bond motifs is 4. The zero-order valence-electron chi connectivity index (χ0n) is 24.2. The molecule has 0 atom stereocenters. The number of aryl methyl sites for hydroxylation is 1. The number of carbonyl (C=O) groups is 1. The Labute approximate surface area is 247 Å². The fourth-order valence-electron chi connectivity index (χ4n) is 6.35. The number of benzene rings is 2. The quantitative estimate of drug-likeness (QED) is 0.405. The minimum Gasteiger partial charge on any atom is -0.494 e. The molecule has 41 heavy (non-hydrogen) atoms. The largest absolute Gasteiger partial charge is 0.494 e. The van der Waals surface area contributed by atoms with Crippen LogP contribution >= 0.6 is 12.4 Å². The first kappa shape index (κ1) is 29.4. The van der Waals surface area contributed by atoms with Gasteiger partial charge in [0.25, 0.3) is 0 Å². The van der Waals surface area contributed by atoms with E-state index in [-0.39, 0.29) is 18.3 Å². The summed E-state index contributed by atoms with van der Waals surface area (Å²) in [5, 5.41) is 1.01. The normalized spacial score (nSPS) is 16.5. The summed E-state index contributed by atoms with van der Waals surface area (Å²) >= 11 is 0. The molecule has 1 fully saturated rings. The Kier molecular flexibility index (Phi) is 8.89. The number of carbonyl (C=O) groups excluding carboxylic acids is 1. The first-order valence-corrected chi connectivity index (χ1v) is 14.3. The molecule has 1 amide bonds. The number of pyridine rings is 1. The number of nitrogens with two attached hydrogens (primary N) is 1. The van der Waals surface area contributed by atoms with Gasteiger partial charge in [-0.15, -0.1) is 12.4 Å². The summed E-state index contributed by atoms with van der Waals surface area (Å²) in [5.41, 5.74) is 13.2. The van der Waals surface area contributed by atoms with Gasteiger partial charge in [0.2, 0.25) is 5.91 Å². The van der Waals surface area contributed by atoms with E-state index >= 15 is 0 Å². The molecule has 1 aliphatic carbocycles. The van der Waals surface area contributed by atoms with Crippen molar-refractivity contribution < 1.29 is 19.0 Å². The molecule has 1 aromatic heterocycles. The van der Waals surface area contributed by atoms with E-state index in [9.17, 15) is 4.79 Å². The molecule has 0 saturated carbocycles. The van der Waals surface area contributed by atoms with Crippen molar-refractivity contribution in [1.82, 2.24) is 14.8 Å². The highest BCUT2D eigenvalue weighted by Gasteiger charge is 2.34. The monoisotopic (exact) mass is 581 g/mol. The van der Waals surface area contributed by atoms with E-state index in [1.807, 2.05) is 17.0 Å². The molecule has 9 nitrogen and oxygen atoms in total. The van der Waals surface area contributed by atoms with Crippen molar-refractivity contribution >= 4 is 34.9 Å². The minimum absolute atomic E-state index is 0. The Morgan fingerprint density at radius 3 is 2.54 bits per heavy atom. The van der Waals surface area contributed by atoms with E-state index in [1.165, 1.54) is 16.7 Å². The molecular weight excluding hydrogens is 542 g/mol. The fraction of sp³-hybridized carbons (Fsp3) is 0.484. The third-order valence-electron chi connectivity index (χ3n) is 8.51. The highest BCUT2D eigenvalue weighted by atomic mass is 35.5. The smallest absolute Gasteiger partial charge is 0.241 e.